The van der Waals surface area contributed by atoms with Crippen LogP contribution in [0.4, 0.5) is 0 Å². The Bertz CT molecular complexity index is 377. The van der Waals surface area contributed by atoms with Crippen molar-refractivity contribution in [1.29, 1.82) is 0 Å². The smallest absolute Gasteiger partial charge is 0.125 e. The zero-order valence-electron chi connectivity index (χ0n) is 10.3. The Morgan fingerprint density at radius 1 is 1.24 bits per heavy atom. The molecule has 0 atom stereocenters. The molecule has 0 aliphatic carbocycles. The van der Waals surface area contributed by atoms with Crippen LogP contribution in [-0.4, -0.2) is 16.8 Å². The Labute approximate surface area is 107 Å². The van der Waals surface area contributed by atoms with E-state index in [0.29, 0.717) is 28.5 Å². The van der Waals surface area contributed by atoms with Gasteiger partial charge in [-0.1, -0.05) is 24.9 Å². The van der Waals surface area contributed by atoms with Gasteiger partial charge in [0.2, 0.25) is 0 Å². The van der Waals surface area contributed by atoms with Crippen LogP contribution in [0.2, 0.25) is 5.02 Å². The summed E-state index contributed by atoms with van der Waals surface area (Å²) in [6.07, 6.45) is 2.01. The second kappa shape index (κ2) is 6.84. The van der Waals surface area contributed by atoms with Gasteiger partial charge < -0.3 is 14.9 Å². The normalized spacial score (nSPS) is 10.6. The van der Waals surface area contributed by atoms with Crippen LogP contribution in [0.25, 0.3) is 0 Å². The first-order valence-corrected chi connectivity index (χ1v) is 6.18. The van der Waals surface area contributed by atoms with Crippen molar-refractivity contribution < 1.29 is 14.9 Å². The Balaban J connectivity index is 3.06. The maximum atomic E-state index is 9.35. The molecule has 0 aliphatic heterocycles. The van der Waals surface area contributed by atoms with Gasteiger partial charge in [-0.25, -0.2) is 0 Å². The topological polar surface area (TPSA) is 49.7 Å². The van der Waals surface area contributed by atoms with Gasteiger partial charge in [-0.15, -0.1) is 0 Å². The first-order chi connectivity index (χ1) is 8.15. The maximum Gasteiger partial charge on any atom is 0.125 e. The van der Waals surface area contributed by atoms with E-state index in [1.54, 1.807) is 0 Å². The molecule has 0 amide bonds. The molecule has 4 heteroatoms. The van der Waals surface area contributed by atoms with Crippen LogP contribution in [0, 0.1) is 6.92 Å². The summed E-state index contributed by atoms with van der Waals surface area (Å²) < 4.78 is 5.62. The largest absolute Gasteiger partial charge is 0.493 e. The lowest BCUT2D eigenvalue weighted by molar-refractivity contribution is 0.245. The van der Waals surface area contributed by atoms with E-state index in [1.807, 2.05) is 13.0 Å². The number of rotatable bonds is 6. The highest BCUT2D eigenvalue weighted by atomic mass is 35.5. The number of aryl methyl sites for hydroxylation is 1. The summed E-state index contributed by atoms with van der Waals surface area (Å²) in [6.45, 7) is 4.17. The van der Waals surface area contributed by atoms with E-state index in [2.05, 4.69) is 6.92 Å². The highest BCUT2D eigenvalue weighted by Gasteiger charge is 2.14. The Morgan fingerprint density at radius 2 is 1.88 bits per heavy atom. The van der Waals surface area contributed by atoms with E-state index >= 15 is 0 Å². The molecule has 0 heterocycles. The molecule has 0 aromatic heterocycles. The zero-order valence-corrected chi connectivity index (χ0v) is 11.0. The molecule has 0 bridgehead atoms. The molecule has 3 nitrogen and oxygen atoms in total. The number of halogens is 1. The van der Waals surface area contributed by atoms with Gasteiger partial charge in [0.05, 0.1) is 19.8 Å². The monoisotopic (exact) mass is 258 g/mol. The fourth-order valence-electron chi connectivity index (χ4n) is 1.66. The second-order valence-corrected chi connectivity index (χ2v) is 4.36. The Kier molecular flexibility index (Phi) is 5.75. The van der Waals surface area contributed by atoms with Gasteiger partial charge >= 0.3 is 0 Å². The average Bonchev–Trinajstić information content (AvgIpc) is 2.33. The van der Waals surface area contributed by atoms with Crippen LogP contribution in [0.3, 0.4) is 0 Å². The predicted molar refractivity (Wildman–Crippen MR) is 68.4 cm³/mol. The molecule has 0 saturated carbocycles. The average molecular weight is 259 g/mol. The highest BCUT2D eigenvalue weighted by molar-refractivity contribution is 6.32. The number of hydrogen-bond donors (Lipinski definition) is 2. The third-order valence-corrected chi connectivity index (χ3v) is 3.22. The van der Waals surface area contributed by atoms with Gasteiger partial charge in [0, 0.05) is 16.1 Å². The number of benzene rings is 1. The third-order valence-electron chi connectivity index (χ3n) is 2.69. The van der Waals surface area contributed by atoms with Gasteiger partial charge in [-0.3, -0.25) is 0 Å². The van der Waals surface area contributed by atoms with Crippen molar-refractivity contribution in [2.45, 2.75) is 39.9 Å². The van der Waals surface area contributed by atoms with Crippen molar-refractivity contribution in [3.8, 4) is 5.75 Å². The lowest BCUT2D eigenvalue weighted by Gasteiger charge is -2.16. The van der Waals surface area contributed by atoms with Crippen molar-refractivity contribution in [3.05, 3.63) is 27.8 Å². The molecule has 17 heavy (non-hydrogen) atoms. The summed E-state index contributed by atoms with van der Waals surface area (Å²) >= 11 is 6.08. The summed E-state index contributed by atoms with van der Waals surface area (Å²) in [5, 5.41) is 19.2. The van der Waals surface area contributed by atoms with Crippen molar-refractivity contribution in [2.75, 3.05) is 6.61 Å². The van der Waals surface area contributed by atoms with Crippen LogP contribution in [0.1, 0.15) is 36.5 Å². The predicted octanol–water partition coefficient (Wildman–Crippen LogP) is 2.81. The molecule has 96 valence electrons. The van der Waals surface area contributed by atoms with Gasteiger partial charge in [0.1, 0.15) is 5.75 Å². The summed E-state index contributed by atoms with van der Waals surface area (Å²) in [5.41, 5.74) is 1.99. The number of unbranched alkanes of at least 4 members (excludes halogenated alkanes) is 1. The highest BCUT2D eigenvalue weighted by Crippen LogP contribution is 2.32. The van der Waals surface area contributed by atoms with Crippen molar-refractivity contribution in [3.63, 3.8) is 0 Å². The van der Waals surface area contributed by atoms with Crippen LogP contribution in [0.15, 0.2) is 6.07 Å². The van der Waals surface area contributed by atoms with Gasteiger partial charge in [-0.2, -0.15) is 0 Å². The zero-order chi connectivity index (χ0) is 12.8. The first-order valence-electron chi connectivity index (χ1n) is 5.81. The molecule has 1 aromatic rings. The Hall–Kier alpha value is -0.770. The Morgan fingerprint density at radius 3 is 2.41 bits per heavy atom. The quantitative estimate of drug-likeness (QED) is 0.772. The van der Waals surface area contributed by atoms with Gasteiger partial charge in [0.15, 0.2) is 0 Å². The molecule has 0 spiro atoms. The standard InChI is InChI=1S/C13H19ClO3/c1-3-4-5-17-12-6-9(2)13(14)11(8-16)10(12)7-15/h6,15-16H,3-5,7-8H2,1-2H3. The van der Waals surface area contributed by atoms with E-state index < -0.39 is 0 Å². The summed E-state index contributed by atoms with van der Waals surface area (Å²) in [6, 6.07) is 1.81. The summed E-state index contributed by atoms with van der Waals surface area (Å²) in [5.74, 6) is 0.617. The SMILES string of the molecule is CCCCOc1cc(C)c(Cl)c(CO)c1CO. The van der Waals surface area contributed by atoms with Gasteiger partial charge in [0.25, 0.3) is 0 Å². The third kappa shape index (κ3) is 3.35. The molecular formula is C13H19ClO3. The van der Waals surface area contributed by atoms with Crippen molar-refractivity contribution in [1.82, 2.24) is 0 Å². The molecule has 0 radical (unpaired) electrons. The van der Waals surface area contributed by atoms with Crippen LogP contribution in [-0.2, 0) is 13.2 Å². The molecular weight excluding hydrogens is 240 g/mol. The fourth-order valence-corrected chi connectivity index (χ4v) is 1.89. The molecule has 0 unspecified atom stereocenters. The molecule has 0 fully saturated rings. The minimum absolute atomic E-state index is 0.183. The summed E-state index contributed by atoms with van der Waals surface area (Å²) in [4.78, 5) is 0. The van der Waals surface area contributed by atoms with E-state index in [9.17, 15) is 10.2 Å². The molecule has 2 N–H and O–H groups in total. The molecule has 1 aromatic carbocycles. The fraction of sp³-hybridized carbons (Fsp3) is 0.538. The van der Waals surface area contributed by atoms with E-state index in [-0.39, 0.29) is 13.2 Å². The number of hydrogen-bond acceptors (Lipinski definition) is 3. The minimum Gasteiger partial charge on any atom is -0.493 e. The molecule has 1 rings (SSSR count). The van der Waals surface area contributed by atoms with E-state index in [0.717, 1.165) is 18.4 Å². The first kappa shape index (κ1) is 14.3. The van der Waals surface area contributed by atoms with E-state index in [1.165, 1.54) is 0 Å². The number of aliphatic hydroxyl groups is 2. The van der Waals surface area contributed by atoms with Crippen LogP contribution < -0.4 is 4.74 Å². The minimum atomic E-state index is -0.194. The summed E-state index contributed by atoms with van der Waals surface area (Å²) in [7, 11) is 0. The van der Waals surface area contributed by atoms with E-state index in [4.69, 9.17) is 16.3 Å². The van der Waals surface area contributed by atoms with Crippen molar-refractivity contribution in [2.24, 2.45) is 0 Å². The van der Waals surface area contributed by atoms with Gasteiger partial charge in [-0.05, 0) is 25.0 Å². The van der Waals surface area contributed by atoms with Crippen LogP contribution in [0.5, 0.6) is 5.75 Å². The lowest BCUT2D eigenvalue weighted by Crippen LogP contribution is -2.05. The number of ether oxygens (including phenoxy) is 1. The number of aliphatic hydroxyl groups excluding tert-OH is 2. The maximum absolute atomic E-state index is 9.35. The molecule has 0 aliphatic rings. The lowest BCUT2D eigenvalue weighted by atomic mass is 10.0. The second-order valence-electron chi connectivity index (χ2n) is 3.98. The molecule has 0 saturated heterocycles. The van der Waals surface area contributed by atoms with Crippen molar-refractivity contribution >= 4 is 11.6 Å². The van der Waals surface area contributed by atoms with Crippen LogP contribution >= 0.6 is 11.6 Å².